The van der Waals surface area contributed by atoms with Crippen LogP contribution >= 0.6 is 24.0 Å². The summed E-state index contributed by atoms with van der Waals surface area (Å²) in [4.78, 5) is 4.76. The summed E-state index contributed by atoms with van der Waals surface area (Å²) in [6.07, 6.45) is 11.2. The first-order valence-corrected chi connectivity index (χ1v) is 9.19. The molecule has 0 saturated heterocycles. The van der Waals surface area contributed by atoms with E-state index in [9.17, 15) is 0 Å². The van der Waals surface area contributed by atoms with E-state index in [1.54, 1.807) is 0 Å². The Balaban J connectivity index is 0.00000529. The number of rotatable bonds is 11. The largest absolute Gasteiger partial charge is 0.357 e. The van der Waals surface area contributed by atoms with Gasteiger partial charge in [0.15, 0.2) is 5.96 Å². The van der Waals surface area contributed by atoms with E-state index >= 15 is 0 Å². The van der Waals surface area contributed by atoms with Gasteiger partial charge in [-0.05, 0) is 37.7 Å². The molecule has 5 nitrogen and oxygen atoms in total. The molecule has 1 atom stereocenters. The van der Waals surface area contributed by atoms with Crippen LogP contribution in [-0.2, 0) is 13.5 Å². The van der Waals surface area contributed by atoms with Crippen molar-refractivity contribution in [3.8, 4) is 0 Å². The molecule has 1 unspecified atom stereocenters. The normalized spacial score (nSPS) is 12.6. The number of nitrogens with one attached hydrogen (secondary N) is 2. The fourth-order valence-corrected chi connectivity index (χ4v) is 2.58. The Labute approximate surface area is 165 Å². The van der Waals surface area contributed by atoms with Crippen molar-refractivity contribution in [1.29, 1.82) is 0 Å². The van der Waals surface area contributed by atoms with Crippen molar-refractivity contribution >= 4 is 29.9 Å². The highest BCUT2D eigenvalue weighted by atomic mass is 127. The van der Waals surface area contributed by atoms with E-state index < -0.39 is 0 Å². The highest BCUT2D eigenvalue weighted by Gasteiger charge is 2.06. The Morgan fingerprint density at radius 2 is 2.04 bits per heavy atom. The van der Waals surface area contributed by atoms with Crippen molar-refractivity contribution < 1.29 is 0 Å². The highest BCUT2D eigenvalue weighted by molar-refractivity contribution is 14.0. The molecule has 0 saturated carbocycles. The average molecular weight is 449 g/mol. The fourth-order valence-electron chi connectivity index (χ4n) is 2.58. The monoisotopic (exact) mass is 449 g/mol. The van der Waals surface area contributed by atoms with E-state index in [0.29, 0.717) is 5.92 Å². The third-order valence-electron chi connectivity index (χ3n) is 4.09. The lowest BCUT2D eigenvalue weighted by Gasteiger charge is -2.15. The number of hydrogen-bond donors (Lipinski definition) is 2. The van der Waals surface area contributed by atoms with E-state index in [1.807, 2.05) is 17.9 Å². The van der Waals surface area contributed by atoms with Crippen molar-refractivity contribution in [3.63, 3.8) is 0 Å². The van der Waals surface area contributed by atoms with E-state index in [-0.39, 0.29) is 24.0 Å². The lowest BCUT2D eigenvalue weighted by Crippen LogP contribution is -2.38. The molecule has 24 heavy (non-hydrogen) atoms. The molecule has 2 N–H and O–H groups in total. The molecule has 6 heteroatoms. The zero-order valence-electron chi connectivity index (χ0n) is 15.8. The molecule has 1 heterocycles. The molecule has 0 aromatic carbocycles. The molecular weight excluding hydrogens is 413 g/mol. The van der Waals surface area contributed by atoms with Crippen LogP contribution in [-0.4, -0.2) is 35.4 Å². The van der Waals surface area contributed by atoms with Gasteiger partial charge in [0.25, 0.3) is 0 Å². The van der Waals surface area contributed by atoms with Crippen LogP contribution in [0.1, 0.15) is 58.4 Å². The number of halogens is 1. The van der Waals surface area contributed by atoms with Gasteiger partial charge in [-0.1, -0.05) is 33.1 Å². The summed E-state index contributed by atoms with van der Waals surface area (Å²) in [5.74, 6) is 1.66. The lowest BCUT2D eigenvalue weighted by atomic mass is 10.00. The van der Waals surface area contributed by atoms with Crippen LogP contribution in [0.4, 0.5) is 0 Å². The van der Waals surface area contributed by atoms with E-state index in [0.717, 1.165) is 38.4 Å². The van der Waals surface area contributed by atoms with E-state index in [2.05, 4.69) is 42.7 Å². The molecule has 1 rings (SSSR count). The molecule has 0 aliphatic rings. The predicted molar refractivity (Wildman–Crippen MR) is 114 cm³/mol. The summed E-state index contributed by atoms with van der Waals surface area (Å²) in [6.45, 7) is 9.40. The number of nitrogens with zero attached hydrogens (tertiary/aromatic N) is 3. The van der Waals surface area contributed by atoms with Crippen molar-refractivity contribution in [1.82, 2.24) is 20.4 Å². The summed E-state index contributed by atoms with van der Waals surface area (Å²) in [6, 6.07) is 0. The third-order valence-corrected chi connectivity index (χ3v) is 4.09. The van der Waals surface area contributed by atoms with Gasteiger partial charge in [0.05, 0.1) is 6.20 Å². The van der Waals surface area contributed by atoms with Gasteiger partial charge in [0, 0.05) is 32.9 Å². The molecular formula is C18H36IN5. The minimum absolute atomic E-state index is 0. The summed E-state index contributed by atoms with van der Waals surface area (Å²) < 4.78 is 1.86. The number of aliphatic imine (C=N–C) groups is 1. The topological polar surface area (TPSA) is 54.2 Å². The summed E-state index contributed by atoms with van der Waals surface area (Å²) >= 11 is 0. The molecule has 1 aromatic heterocycles. The van der Waals surface area contributed by atoms with Crippen LogP contribution < -0.4 is 10.6 Å². The van der Waals surface area contributed by atoms with Crippen molar-refractivity contribution in [2.75, 3.05) is 19.6 Å². The van der Waals surface area contributed by atoms with Crippen molar-refractivity contribution in [2.45, 2.75) is 59.3 Å². The molecule has 0 spiro atoms. The standard InChI is InChI=1S/C18H35N5.HI/c1-5-8-10-16(6-2)13-21-18(19-7-3)20-12-9-11-17-14-22-23(4)15-17;/h14-16H,5-13H2,1-4H3,(H2,19,20,21);1H. The second kappa shape index (κ2) is 14.5. The van der Waals surface area contributed by atoms with Gasteiger partial charge in [0.2, 0.25) is 0 Å². The first kappa shape index (κ1) is 23.2. The van der Waals surface area contributed by atoms with Crippen molar-refractivity contribution in [3.05, 3.63) is 18.0 Å². The Morgan fingerprint density at radius 1 is 1.25 bits per heavy atom. The number of aromatic nitrogens is 2. The van der Waals surface area contributed by atoms with Gasteiger partial charge >= 0.3 is 0 Å². The Hall–Kier alpha value is -0.790. The van der Waals surface area contributed by atoms with Crippen LogP contribution in [0.5, 0.6) is 0 Å². The quantitative estimate of drug-likeness (QED) is 0.234. The van der Waals surface area contributed by atoms with E-state index in [4.69, 9.17) is 4.99 Å². The van der Waals surface area contributed by atoms with Crippen molar-refractivity contribution in [2.24, 2.45) is 18.0 Å². The van der Waals surface area contributed by atoms with Crippen LogP contribution in [0.3, 0.4) is 0 Å². The van der Waals surface area contributed by atoms with Gasteiger partial charge in [-0.15, -0.1) is 24.0 Å². The molecule has 0 amide bonds. The van der Waals surface area contributed by atoms with Crippen LogP contribution in [0.25, 0.3) is 0 Å². The molecule has 0 fully saturated rings. The zero-order chi connectivity index (χ0) is 16.9. The number of unbranched alkanes of at least 4 members (excludes halogenated alkanes) is 1. The van der Waals surface area contributed by atoms with Crippen LogP contribution in [0.2, 0.25) is 0 Å². The lowest BCUT2D eigenvalue weighted by molar-refractivity contribution is 0.461. The van der Waals surface area contributed by atoms with Gasteiger partial charge in [-0.25, -0.2) is 0 Å². The van der Waals surface area contributed by atoms with Crippen LogP contribution in [0.15, 0.2) is 17.4 Å². The molecule has 140 valence electrons. The second-order valence-electron chi connectivity index (χ2n) is 6.19. The molecule has 0 radical (unpaired) electrons. The fraction of sp³-hybridized carbons (Fsp3) is 0.778. The van der Waals surface area contributed by atoms with E-state index in [1.165, 1.54) is 31.2 Å². The molecule has 1 aromatic rings. The smallest absolute Gasteiger partial charge is 0.191 e. The summed E-state index contributed by atoms with van der Waals surface area (Å²) in [5.41, 5.74) is 1.29. The van der Waals surface area contributed by atoms with Gasteiger partial charge in [-0.3, -0.25) is 9.67 Å². The Bertz CT molecular complexity index is 444. The SMILES string of the molecule is CCCCC(CC)CN=C(NCC)NCCCc1cnn(C)c1.I. The first-order valence-electron chi connectivity index (χ1n) is 9.19. The minimum Gasteiger partial charge on any atom is -0.357 e. The summed E-state index contributed by atoms with van der Waals surface area (Å²) in [5, 5.41) is 11.0. The Morgan fingerprint density at radius 3 is 2.62 bits per heavy atom. The maximum absolute atomic E-state index is 4.76. The average Bonchev–Trinajstić information content (AvgIpc) is 2.96. The molecule has 0 aliphatic carbocycles. The highest BCUT2D eigenvalue weighted by Crippen LogP contribution is 2.12. The maximum Gasteiger partial charge on any atom is 0.191 e. The first-order chi connectivity index (χ1) is 11.2. The maximum atomic E-state index is 4.76. The van der Waals surface area contributed by atoms with Gasteiger partial charge < -0.3 is 10.6 Å². The van der Waals surface area contributed by atoms with Gasteiger partial charge in [0.1, 0.15) is 0 Å². The zero-order valence-corrected chi connectivity index (χ0v) is 18.2. The number of aryl methyl sites for hydroxylation is 2. The second-order valence-corrected chi connectivity index (χ2v) is 6.19. The predicted octanol–water partition coefficient (Wildman–Crippen LogP) is 3.74. The molecule has 0 bridgehead atoms. The third kappa shape index (κ3) is 10.2. The number of guanidine groups is 1. The summed E-state index contributed by atoms with van der Waals surface area (Å²) in [7, 11) is 1.96. The number of hydrogen-bond acceptors (Lipinski definition) is 2. The van der Waals surface area contributed by atoms with Gasteiger partial charge in [-0.2, -0.15) is 5.10 Å². The Kier molecular flexibility index (Phi) is 14.1. The minimum atomic E-state index is 0. The van der Waals surface area contributed by atoms with Crippen LogP contribution in [0, 0.1) is 5.92 Å². The molecule has 0 aliphatic heterocycles.